The number of aromatic nitrogens is 2. The number of nitrogens with zero attached hydrogens (tertiary/aromatic N) is 2. The Hall–Kier alpha value is -2.82. The van der Waals surface area contributed by atoms with Crippen LogP contribution in [0.3, 0.4) is 0 Å². The quantitative estimate of drug-likeness (QED) is 0.785. The Bertz CT molecular complexity index is 872. The summed E-state index contributed by atoms with van der Waals surface area (Å²) in [5, 5.41) is 3.40. The average molecular weight is 295 g/mol. The molecule has 1 aromatic carbocycles. The number of halogens is 1. The Morgan fingerprint density at radius 2 is 2.00 bits per heavy atom. The van der Waals surface area contributed by atoms with Crippen LogP contribution in [0.25, 0.3) is 10.9 Å². The molecule has 0 saturated carbocycles. The molecule has 2 aromatic heterocycles. The van der Waals surface area contributed by atoms with Crippen LogP contribution >= 0.6 is 0 Å². The van der Waals surface area contributed by atoms with E-state index in [2.05, 4.69) is 15.3 Å². The maximum Gasteiger partial charge on any atom is 0.257 e. The minimum Gasteiger partial charge on any atom is -0.306 e. The van der Waals surface area contributed by atoms with E-state index in [4.69, 9.17) is 0 Å². The number of fused-ring (bicyclic) bond motifs is 1. The number of aryl methyl sites for hydroxylation is 2. The van der Waals surface area contributed by atoms with E-state index in [0.29, 0.717) is 28.0 Å². The molecule has 0 radical (unpaired) electrons. The molecule has 0 aliphatic rings. The molecule has 0 bridgehead atoms. The van der Waals surface area contributed by atoms with E-state index in [9.17, 15) is 9.18 Å². The van der Waals surface area contributed by atoms with Gasteiger partial charge in [0, 0.05) is 23.3 Å². The van der Waals surface area contributed by atoms with Crippen molar-refractivity contribution in [2.45, 2.75) is 13.8 Å². The molecule has 0 saturated heterocycles. The molecule has 4 nitrogen and oxygen atoms in total. The Kier molecular flexibility index (Phi) is 3.55. The highest BCUT2D eigenvalue weighted by Crippen LogP contribution is 2.21. The average Bonchev–Trinajstić information content (AvgIpc) is 2.48. The summed E-state index contributed by atoms with van der Waals surface area (Å²) < 4.78 is 13.4. The number of carbonyl (C=O) groups is 1. The number of nitrogens with one attached hydrogen (secondary N) is 1. The zero-order valence-electron chi connectivity index (χ0n) is 12.2. The molecule has 3 rings (SSSR count). The summed E-state index contributed by atoms with van der Waals surface area (Å²) in [6, 6.07) is 9.58. The second kappa shape index (κ2) is 5.52. The van der Waals surface area contributed by atoms with Crippen molar-refractivity contribution in [3.8, 4) is 0 Å². The maximum absolute atomic E-state index is 13.4. The first kappa shape index (κ1) is 14.1. The van der Waals surface area contributed by atoms with Crippen LogP contribution in [0.15, 0.2) is 42.6 Å². The highest BCUT2D eigenvalue weighted by atomic mass is 19.1. The van der Waals surface area contributed by atoms with Gasteiger partial charge >= 0.3 is 0 Å². The topological polar surface area (TPSA) is 54.9 Å². The van der Waals surface area contributed by atoms with Crippen molar-refractivity contribution in [3.63, 3.8) is 0 Å². The number of carbonyl (C=O) groups excluding carboxylic acids is 1. The van der Waals surface area contributed by atoms with Gasteiger partial charge in [0.25, 0.3) is 5.91 Å². The van der Waals surface area contributed by atoms with Gasteiger partial charge in [-0.15, -0.1) is 0 Å². The lowest BCUT2D eigenvalue weighted by Gasteiger charge is -2.10. The molecule has 1 N–H and O–H groups in total. The molecule has 0 aliphatic heterocycles. The summed E-state index contributed by atoms with van der Waals surface area (Å²) in [5.41, 5.74) is 2.44. The van der Waals surface area contributed by atoms with Gasteiger partial charge in [-0.1, -0.05) is 6.07 Å². The monoisotopic (exact) mass is 295 g/mol. The molecule has 3 aromatic rings. The third kappa shape index (κ3) is 2.65. The van der Waals surface area contributed by atoms with E-state index in [1.54, 1.807) is 31.3 Å². The van der Waals surface area contributed by atoms with Crippen molar-refractivity contribution in [2.24, 2.45) is 0 Å². The second-order valence-electron chi connectivity index (χ2n) is 5.10. The van der Waals surface area contributed by atoms with E-state index in [-0.39, 0.29) is 11.7 Å². The lowest BCUT2D eigenvalue weighted by Crippen LogP contribution is -2.15. The van der Waals surface area contributed by atoms with Crippen molar-refractivity contribution in [1.29, 1.82) is 0 Å². The first-order valence-electron chi connectivity index (χ1n) is 6.84. The highest BCUT2D eigenvalue weighted by Gasteiger charge is 2.14. The molecule has 0 spiro atoms. The van der Waals surface area contributed by atoms with Crippen molar-refractivity contribution in [1.82, 2.24) is 9.97 Å². The van der Waals surface area contributed by atoms with Crippen LogP contribution in [-0.2, 0) is 0 Å². The first-order chi connectivity index (χ1) is 10.5. The van der Waals surface area contributed by atoms with Gasteiger partial charge in [0.05, 0.1) is 11.1 Å². The van der Waals surface area contributed by atoms with E-state index in [1.807, 2.05) is 13.0 Å². The molecule has 5 heteroatoms. The smallest absolute Gasteiger partial charge is 0.257 e. The van der Waals surface area contributed by atoms with Crippen molar-refractivity contribution < 1.29 is 9.18 Å². The molecule has 22 heavy (non-hydrogen) atoms. The van der Waals surface area contributed by atoms with Gasteiger partial charge in [0.2, 0.25) is 0 Å². The van der Waals surface area contributed by atoms with Crippen LogP contribution in [0.2, 0.25) is 0 Å². The summed E-state index contributed by atoms with van der Waals surface area (Å²) in [7, 11) is 0. The molecule has 0 aliphatic carbocycles. The Morgan fingerprint density at radius 3 is 2.77 bits per heavy atom. The van der Waals surface area contributed by atoms with Gasteiger partial charge in [0.15, 0.2) is 0 Å². The Labute approximate surface area is 127 Å². The van der Waals surface area contributed by atoms with Gasteiger partial charge in [-0.25, -0.2) is 9.37 Å². The second-order valence-corrected chi connectivity index (χ2v) is 5.10. The molecule has 2 heterocycles. The van der Waals surface area contributed by atoms with Gasteiger partial charge in [-0.2, -0.15) is 0 Å². The summed E-state index contributed by atoms with van der Waals surface area (Å²) >= 11 is 0. The van der Waals surface area contributed by atoms with Crippen LogP contribution in [0, 0.1) is 19.7 Å². The predicted octanol–water partition coefficient (Wildman–Crippen LogP) is 3.64. The van der Waals surface area contributed by atoms with Crippen LogP contribution in [0.5, 0.6) is 0 Å². The fraction of sp³-hybridized carbons (Fsp3) is 0.118. The summed E-state index contributed by atoms with van der Waals surface area (Å²) in [4.78, 5) is 21.0. The minimum absolute atomic E-state index is 0.288. The van der Waals surface area contributed by atoms with Crippen LogP contribution in [-0.4, -0.2) is 15.9 Å². The summed E-state index contributed by atoms with van der Waals surface area (Å²) in [5.74, 6) is -0.154. The Morgan fingerprint density at radius 1 is 1.18 bits per heavy atom. The third-order valence-corrected chi connectivity index (χ3v) is 3.39. The van der Waals surface area contributed by atoms with E-state index in [1.165, 1.54) is 12.1 Å². The Balaban J connectivity index is 2.06. The molecule has 110 valence electrons. The molecule has 0 unspecified atom stereocenters. The molecule has 1 amide bonds. The molecule has 0 fully saturated rings. The summed E-state index contributed by atoms with van der Waals surface area (Å²) in [6.45, 7) is 3.64. The van der Waals surface area contributed by atoms with Gasteiger partial charge in [0.1, 0.15) is 11.6 Å². The highest BCUT2D eigenvalue weighted by molar-refractivity contribution is 6.12. The largest absolute Gasteiger partial charge is 0.306 e. The summed E-state index contributed by atoms with van der Waals surface area (Å²) in [6.07, 6.45) is 1.62. The normalized spacial score (nSPS) is 10.7. The zero-order chi connectivity index (χ0) is 15.7. The lowest BCUT2D eigenvalue weighted by molar-refractivity contribution is 0.102. The molecule has 0 atom stereocenters. The van der Waals surface area contributed by atoms with E-state index >= 15 is 0 Å². The number of pyridine rings is 2. The number of anilines is 1. The number of benzene rings is 1. The minimum atomic E-state index is -0.377. The number of hydrogen-bond donors (Lipinski definition) is 1. The van der Waals surface area contributed by atoms with Gasteiger partial charge < -0.3 is 5.32 Å². The standard InChI is InChI=1S/C17H14FN3O/c1-10-4-3-7-19-16(10)21-17(22)14-8-11(2)20-15-9-12(18)5-6-13(14)15/h3-9H,1-2H3,(H,19,21,22). The fourth-order valence-electron chi connectivity index (χ4n) is 2.31. The van der Waals surface area contributed by atoms with Crippen molar-refractivity contribution in [3.05, 3.63) is 65.2 Å². The molecular formula is C17H14FN3O. The SMILES string of the molecule is Cc1cc(C(=O)Nc2ncccc2C)c2ccc(F)cc2n1. The van der Waals surface area contributed by atoms with Crippen LogP contribution < -0.4 is 5.32 Å². The zero-order valence-corrected chi connectivity index (χ0v) is 12.2. The van der Waals surface area contributed by atoms with Crippen molar-refractivity contribution in [2.75, 3.05) is 5.32 Å². The van der Waals surface area contributed by atoms with Crippen LogP contribution in [0.4, 0.5) is 10.2 Å². The van der Waals surface area contributed by atoms with E-state index in [0.717, 1.165) is 5.56 Å². The van der Waals surface area contributed by atoms with Crippen LogP contribution in [0.1, 0.15) is 21.6 Å². The third-order valence-electron chi connectivity index (χ3n) is 3.39. The first-order valence-corrected chi connectivity index (χ1v) is 6.84. The van der Waals surface area contributed by atoms with E-state index < -0.39 is 0 Å². The number of amides is 1. The maximum atomic E-state index is 13.4. The van der Waals surface area contributed by atoms with Gasteiger partial charge in [-0.3, -0.25) is 9.78 Å². The number of hydrogen-bond acceptors (Lipinski definition) is 3. The number of rotatable bonds is 2. The van der Waals surface area contributed by atoms with Gasteiger partial charge in [-0.05, 0) is 43.7 Å². The van der Waals surface area contributed by atoms with Crippen molar-refractivity contribution >= 4 is 22.6 Å². The predicted molar refractivity (Wildman–Crippen MR) is 83.4 cm³/mol. The molecular weight excluding hydrogens is 281 g/mol. The lowest BCUT2D eigenvalue weighted by atomic mass is 10.1. The fourth-order valence-corrected chi connectivity index (χ4v) is 2.31.